The third kappa shape index (κ3) is 3.95. The standard InChI is InChI=1S/C16H26N2O2/c1-4-19-16(11(2)3)15(18-17)12-6-5-7-14(10-12)20-13-8-9-13/h5-7,10-11,13,15-16,18H,4,8-9,17H2,1-3H3. The first-order valence-corrected chi connectivity index (χ1v) is 7.50. The van der Waals surface area contributed by atoms with Crippen molar-refractivity contribution in [2.24, 2.45) is 11.8 Å². The fraction of sp³-hybridized carbons (Fsp3) is 0.625. The lowest BCUT2D eigenvalue weighted by Crippen LogP contribution is -2.40. The van der Waals surface area contributed by atoms with Crippen molar-refractivity contribution in [3.63, 3.8) is 0 Å². The van der Waals surface area contributed by atoms with Crippen LogP contribution in [0.15, 0.2) is 24.3 Å². The molecule has 2 atom stereocenters. The molecule has 0 bridgehead atoms. The Balaban J connectivity index is 2.15. The van der Waals surface area contributed by atoms with Gasteiger partial charge in [0.05, 0.1) is 18.2 Å². The molecule has 2 unspecified atom stereocenters. The second-order valence-electron chi connectivity index (χ2n) is 5.70. The molecule has 3 N–H and O–H groups in total. The van der Waals surface area contributed by atoms with Crippen molar-refractivity contribution in [1.29, 1.82) is 0 Å². The maximum absolute atomic E-state index is 5.86. The molecule has 0 saturated heterocycles. The molecule has 1 aliphatic carbocycles. The lowest BCUT2D eigenvalue weighted by molar-refractivity contribution is 0.00272. The van der Waals surface area contributed by atoms with Crippen molar-refractivity contribution in [2.75, 3.05) is 6.61 Å². The van der Waals surface area contributed by atoms with Gasteiger partial charge in [-0.1, -0.05) is 26.0 Å². The fourth-order valence-corrected chi connectivity index (χ4v) is 2.41. The van der Waals surface area contributed by atoms with Gasteiger partial charge < -0.3 is 9.47 Å². The van der Waals surface area contributed by atoms with Crippen LogP contribution in [0.25, 0.3) is 0 Å². The summed E-state index contributed by atoms with van der Waals surface area (Å²) in [4.78, 5) is 0. The van der Waals surface area contributed by atoms with Crippen LogP contribution < -0.4 is 16.0 Å². The van der Waals surface area contributed by atoms with Crippen LogP contribution in [0, 0.1) is 5.92 Å². The summed E-state index contributed by atoms with van der Waals surface area (Å²) >= 11 is 0. The first kappa shape index (κ1) is 15.3. The number of benzene rings is 1. The highest BCUT2D eigenvalue weighted by atomic mass is 16.5. The van der Waals surface area contributed by atoms with Gasteiger partial charge >= 0.3 is 0 Å². The molecule has 112 valence electrons. The molecule has 4 nitrogen and oxygen atoms in total. The second-order valence-corrected chi connectivity index (χ2v) is 5.70. The van der Waals surface area contributed by atoms with Crippen molar-refractivity contribution in [2.45, 2.75) is 51.9 Å². The first-order chi connectivity index (χ1) is 9.65. The molecule has 1 aromatic carbocycles. The van der Waals surface area contributed by atoms with Gasteiger partial charge in [0.15, 0.2) is 0 Å². The smallest absolute Gasteiger partial charge is 0.120 e. The van der Waals surface area contributed by atoms with E-state index in [-0.39, 0.29) is 12.1 Å². The van der Waals surface area contributed by atoms with E-state index in [4.69, 9.17) is 15.3 Å². The Kier molecular flexibility index (Phi) is 5.40. The third-order valence-electron chi connectivity index (χ3n) is 3.57. The zero-order chi connectivity index (χ0) is 14.5. The normalized spacial score (nSPS) is 18.1. The van der Waals surface area contributed by atoms with Gasteiger partial charge in [0.1, 0.15) is 5.75 Å². The Labute approximate surface area is 121 Å². The number of nitrogens with two attached hydrogens (primary N) is 1. The molecule has 0 aliphatic heterocycles. The van der Waals surface area contributed by atoms with Crippen LogP contribution in [0.5, 0.6) is 5.75 Å². The van der Waals surface area contributed by atoms with Crippen molar-refractivity contribution < 1.29 is 9.47 Å². The molecule has 2 rings (SSSR count). The predicted octanol–water partition coefficient (Wildman–Crippen LogP) is 2.79. The Hall–Kier alpha value is -1.10. The largest absolute Gasteiger partial charge is 0.490 e. The summed E-state index contributed by atoms with van der Waals surface area (Å²) in [6, 6.07) is 8.12. The Bertz CT molecular complexity index is 419. The number of rotatable bonds is 8. The van der Waals surface area contributed by atoms with Gasteiger partial charge in [-0.15, -0.1) is 0 Å². The van der Waals surface area contributed by atoms with E-state index >= 15 is 0 Å². The van der Waals surface area contributed by atoms with E-state index < -0.39 is 0 Å². The SMILES string of the molecule is CCOC(C(C)C)C(NN)c1cccc(OC2CC2)c1. The topological polar surface area (TPSA) is 56.5 Å². The minimum atomic E-state index is -0.0299. The second kappa shape index (κ2) is 7.07. The zero-order valence-corrected chi connectivity index (χ0v) is 12.6. The zero-order valence-electron chi connectivity index (χ0n) is 12.6. The van der Waals surface area contributed by atoms with Crippen LogP contribution in [-0.2, 0) is 4.74 Å². The van der Waals surface area contributed by atoms with Crippen LogP contribution in [0.2, 0.25) is 0 Å². The molecular weight excluding hydrogens is 252 g/mol. The quantitative estimate of drug-likeness (QED) is 0.567. The average Bonchev–Trinajstić information content (AvgIpc) is 3.23. The highest BCUT2D eigenvalue weighted by molar-refractivity contribution is 5.31. The molecule has 0 spiro atoms. The molecule has 0 heterocycles. The van der Waals surface area contributed by atoms with E-state index in [1.54, 1.807) is 0 Å². The highest BCUT2D eigenvalue weighted by Gasteiger charge is 2.27. The van der Waals surface area contributed by atoms with E-state index in [1.807, 2.05) is 19.1 Å². The van der Waals surface area contributed by atoms with Gasteiger partial charge in [-0.2, -0.15) is 0 Å². The van der Waals surface area contributed by atoms with Gasteiger partial charge in [0.2, 0.25) is 0 Å². The summed E-state index contributed by atoms with van der Waals surface area (Å²) in [5.41, 5.74) is 4.01. The van der Waals surface area contributed by atoms with Crippen LogP contribution in [0.3, 0.4) is 0 Å². The first-order valence-electron chi connectivity index (χ1n) is 7.50. The van der Waals surface area contributed by atoms with Crippen molar-refractivity contribution in [1.82, 2.24) is 5.43 Å². The van der Waals surface area contributed by atoms with E-state index in [1.165, 1.54) is 0 Å². The molecule has 1 aromatic rings. The van der Waals surface area contributed by atoms with Crippen LogP contribution >= 0.6 is 0 Å². The summed E-state index contributed by atoms with van der Waals surface area (Å²) in [7, 11) is 0. The summed E-state index contributed by atoms with van der Waals surface area (Å²) < 4.78 is 11.7. The molecule has 1 saturated carbocycles. The third-order valence-corrected chi connectivity index (χ3v) is 3.57. The van der Waals surface area contributed by atoms with E-state index in [0.29, 0.717) is 18.6 Å². The molecule has 0 amide bonds. The molecule has 20 heavy (non-hydrogen) atoms. The minimum Gasteiger partial charge on any atom is -0.490 e. The summed E-state index contributed by atoms with van der Waals surface area (Å²) in [6.07, 6.45) is 2.77. The van der Waals surface area contributed by atoms with E-state index in [9.17, 15) is 0 Å². The number of nitrogens with one attached hydrogen (secondary N) is 1. The van der Waals surface area contributed by atoms with Gasteiger partial charge in [0, 0.05) is 6.61 Å². The predicted molar refractivity (Wildman–Crippen MR) is 80.4 cm³/mol. The number of hydrogen-bond donors (Lipinski definition) is 2. The maximum atomic E-state index is 5.86. The molecule has 4 heteroatoms. The molecule has 0 radical (unpaired) electrons. The van der Waals surface area contributed by atoms with E-state index in [2.05, 4.69) is 31.4 Å². The maximum Gasteiger partial charge on any atom is 0.120 e. The lowest BCUT2D eigenvalue weighted by atomic mass is 9.94. The molecule has 1 fully saturated rings. The summed E-state index contributed by atoms with van der Waals surface area (Å²) in [5, 5.41) is 0. The van der Waals surface area contributed by atoms with Gasteiger partial charge in [-0.25, -0.2) is 0 Å². The van der Waals surface area contributed by atoms with Crippen LogP contribution in [0.4, 0.5) is 0 Å². The number of ether oxygens (including phenoxy) is 2. The van der Waals surface area contributed by atoms with Gasteiger partial charge in [-0.05, 0) is 43.4 Å². The minimum absolute atomic E-state index is 0.0299. The number of hydrazine groups is 1. The van der Waals surface area contributed by atoms with Gasteiger partial charge in [-0.3, -0.25) is 11.3 Å². The van der Waals surface area contributed by atoms with Crippen molar-refractivity contribution in [3.05, 3.63) is 29.8 Å². The van der Waals surface area contributed by atoms with Crippen molar-refractivity contribution in [3.8, 4) is 5.75 Å². The number of hydrogen-bond acceptors (Lipinski definition) is 4. The average molecular weight is 278 g/mol. The summed E-state index contributed by atoms with van der Waals surface area (Å²) in [5.74, 6) is 7.07. The summed E-state index contributed by atoms with van der Waals surface area (Å²) in [6.45, 7) is 6.99. The van der Waals surface area contributed by atoms with Crippen LogP contribution in [0.1, 0.15) is 45.2 Å². The Morgan fingerprint density at radius 3 is 2.65 bits per heavy atom. The van der Waals surface area contributed by atoms with Gasteiger partial charge in [0.25, 0.3) is 0 Å². The van der Waals surface area contributed by atoms with Crippen molar-refractivity contribution >= 4 is 0 Å². The highest BCUT2D eigenvalue weighted by Crippen LogP contribution is 2.30. The lowest BCUT2D eigenvalue weighted by Gasteiger charge is -2.30. The Morgan fingerprint density at radius 1 is 1.35 bits per heavy atom. The molecular formula is C16H26N2O2. The van der Waals surface area contributed by atoms with E-state index in [0.717, 1.165) is 24.2 Å². The fourth-order valence-electron chi connectivity index (χ4n) is 2.41. The monoisotopic (exact) mass is 278 g/mol. The molecule has 0 aromatic heterocycles. The Morgan fingerprint density at radius 2 is 2.10 bits per heavy atom. The molecule has 1 aliphatic rings. The van der Waals surface area contributed by atoms with Crippen LogP contribution in [-0.4, -0.2) is 18.8 Å².